The van der Waals surface area contributed by atoms with Crippen LogP contribution in [0.2, 0.25) is 0 Å². The van der Waals surface area contributed by atoms with Gasteiger partial charge in [0.15, 0.2) is 5.78 Å². The standard InChI is InChI=1S/C17H24O2/c1-4-19-17(11-5-6-14(3)12-17)16(18)15-9-7-13(2)8-10-15/h7-10,14H,4-6,11-12H2,1-3H3. The molecule has 0 aliphatic heterocycles. The fourth-order valence-corrected chi connectivity index (χ4v) is 3.15. The molecule has 0 aromatic heterocycles. The van der Waals surface area contributed by atoms with Gasteiger partial charge in [0.05, 0.1) is 0 Å². The molecule has 1 aromatic rings. The average Bonchev–Trinajstić information content (AvgIpc) is 2.39. The van der Waals surface area contributed by atoms with Crippen molar-refractivity contribution in [1.29, 1.82) is 0 Å². The van der Waals surface area contributed by atoms with E-state index < -0.39 is 5.60 Å². The number of rotatable bonds is 4. The molecule has 1 aliphatic rings. The van der Waals surface area contributed by atoms with Crippen molar-refractivity contribution in [2.75, 3.05) is 6.61 Å². The van der Waals surface area contributed by atoms with Crippen molar-refractivity contribution >= 4 is 5.78 Å². The quantitative estimate of drug-likeness (QED) is 0.760. The number of Topliss-reactive ketones (excluding diaryl/α,β-unsaturated/α-hetero) is 1. The van der Waals surface area contributed by atoms with Gasteiger partial charge in [-0.25, -0.2) is 0 Å². The lowest BCUT2D eigenvalue weighted by Crippen LogP contribution is -2.45. The van der Waals surface area contributed by atoms with Crippen LogP contribution in [0.15, 0.2) is 24.3 Å². The Morgan fingerprint density at radius 1 is 1.37 bits per heavy atom. The van der Waals surface area contributed by atoms with Crippen LogP contribution in [-0.2, 0) is 4.74 Å². The maximum absolute atomic E-state index is 12.8. The Hall–Kier alpha value is -1.15. The lowest BCUT2D eigenvalue weighted by atomic mass is 9.74. The van der Waals surface area contributed by atoms with Gasteiger partial charge in [0.2, 0.25) is 0 Å². The lowest BCUT2D eigenvalue weighted by Gasteiger charge is -2.38. The molecule has 2 rings (SSSR count). The summed E-state index contributed by atoms with van der Waals surface area (Å²) in [5.41, 5.74) is 1.38. The third kappa shape index (κ3) is 3.06. The first kappa shape index (κ1) is 14.3. The topological polar surface area (TPSA) is 26.3 Å². The molecule has 2 heteroatoms. The van der Waals surface area contributed by atoms with E-state index in [9.17, 15) is 4.79 Å². The van der Waals surface area contributed by atoms with E-state index in [1.54, 1.807) is 0 Å². The van der Waals surface area contributed by atoms with Gasteiger partial charge in [-0.3, -0.25) is 4.79 Å². The molecule has 0 N–H and O–H groups in total. The smallest absolute Gasteiger partial charge is 0.194 e. The Labute approximate surface area is 116 Å². The van der Waals surface area contributed by atoms with Crippen LogP contribution in [0, 0.1) is 12.8 Å². The summed E-state index contributed by atoms with van der Waals surface area (Å²) < 4.78 is 5.94. The minimum absolute atomic E-state index is 0.168. The van der Waals surface area contributed by atoms with Crippen LogP contribution in [0.4, 0.5) is 0 Å². The largest absolute Gasteiger partial charge is 0.367 e. The highest BCUT2D eigenvalue weighted by atomic mass is 16.5. The zero-order valence-corrected chi connectivity index (χ0v) is 12.2. The van der Waals surface area contributed by atoms with E-state index in [1.165, 1.54) is 12.0 Å². The molecule has 1 aromatic carbocycles. The van der Waals surface area contributed by atoms with Gasteiger partial charge in [0.1, 0.15) is 5.60 Å². The number of hydrogen-bond donors (Lipinski definition) is 0. The van der Waals surface area contributed by atoms with Crippen molar-refractivity contribution < 1.29 is 9.53 Å². The van der Waals surface area contributed by atoms with E-state index in [4.69, 9.17) is 4.74 Å². The molecular formula is C17H24O2. The van der Waals surface area contributed by atoms with Gasteiger partial charge >= 0.3 is 0 Å². The number of carbonyl (C=O) groups is 1. The molecule has 2 atom stereocenters. The van der Waals surface area contributed by atoms with Crippen molar-refractivity contribution in [2.45, 2.75) is 52.1 Å². The van der Waals surface area contributed by atoms with E-state index in [2.05, 4.69) is 6.92 Å². The zero-order valence-electron chi connectivity index (χ0n) is 12.2. The molecule has 0 spiro atoms. The number of benzene rings is 1. The van der Waals surface area contributed by atoms with Crippen LogP contribution >= 0.6 is 0 Å². The van der Waals surface area contributed by atoms with Gasteiger partial charge in [-0.05, 0) is 39.0 Å². The van der Waals surface area contributed by atoms with E-state index in [1.807, 2.05) is 38.1 Å². The average molecular weight is 260 g/mol. The van der Waals surface area contributed by atoms with Crippen LogP contribution in [0.3, 0.4) is 0 Å². The van der Waals surface area contributed by atoms with Gasteiger partial charge in [-0.2, -0.15) is 0 Å². The molecule has 2 nitrogen and oxygen atoms in total. The summed E-state index contributed by atoms with van der Waals surface area (Å²) in [5.74, 6) is 0.732. The maximum Gasteiger partial charge on any atom is 0.194 e. The Morgan fingerprint density at radius 3 is 2.63 bits per heavy atom. The lowest BCUT2D eigenvalue weighted by molar-refractivity contribution is -0.0511. The minimum Gasteiger partial charge on any atom is -0.367 e. The number of carbonyl (C=O) groups excluding carboxylic acids is 1. The normalized spacial score (nSPS) is 27.2. The Morgan fingerprint density at radius 2 is 2.05 bits per heavy atom. The van der Waals surface area contributed by atoms with Crippen LogP contribution in [0.25, 0.3) is 0 Å². The summed E-state index contributed by atoms with van der Waals surface area (Å²) in [6, 6.07) is 7.85. The third-order valence-electron chi connectivity index (χ3n) is 4.10. The predicted molar refractivity (Wildman–Crippen MR) is 77.5 cm³/mol. The summed E-state index contributed by atoms with van der Waals surface area (Å²) in [6.07, 6.45) is 4.00. The molecule has 0 radical (unpaired) electrons. The summed E-state index contributed by atoms with van der Waals surface area (Å²) in [6.45, 7) is 6.83. The van der Waals surface area contributed by atoms with Gasteiger partial charge < -0.3 is 4.74 Å². The first-order valence-electron chi connectivity index (χ1n) is 7.33. The summed E-state index contributed by atoms with van der Waals surface area (Å²) in [7, 11) is 0. The summed E-state index contributed by atoms with van der Waals surface area (Å²) in [4.78, 5) is 12.8. The van der Waals surface area contributed by atoms with Crippen LogP contribution in [0.1, 0.15) is 55.5 Å². The number of aryl methyl sites for hydroxylation is 1. The number of ketones is 1. The Bertz CT molecular complexity index is 431. The van der Waals surface area contributed by atoms with Crippen LogP contribution < -0.4 is 0 Å². The van der Waals surface area contributed by atoms with Crippen molar-refractivity contribution in [3.63, 3.8) is 0 Å². The first-order valence-corrected chi connectivity index (χ1v) is 7.33. The number of ether oxygens (including phenoxy) is 1. The third-order valence-corrected chi connectivity index (χ3v) is 4.10. The van der Waals surface area contributed by atoms with Crippen molar-refractivity contribution in [1.82, 2.24) is 0 Å². The van der Waals surface area contributed by atoms with Gasteiger partial charge in [-0.15, -0.1) is 0 Å². The molecule has 0 amide bonds. The summed E-state index contributed by atoms with van der Waals surface area (Å²) in [5, 5.41) is 0. The molecule has 19 heavy (non-hydrogen) atoms. The van der Waals surface area contributed by atoms with Crippen molar-refractivity contribution in [3.05, 3.63) is 35.4 Å². The first-order chi connectivity index (χ1) is 9.07. The van der Waals surface area contributed by atoms with E-state index >= 15 is 0 Å². The van der Waals surface area contributed by atoms with E-state index in [0.29, 0.717) is 12.5 Å². The van der Waals surface area contributed by atoms with Crippen molar-refractivity contribution in [2.24, 2.45) is 5.92 Å². The number of hydrogen-bond acceptors (Lipinski definition) is 2. The van der Waals surface area contributed by atoms with Crippen LogP contribution in [-0.4, -0.2) is 18.0 Å². The highest BCUT2D eigenvalue weighted by Crippen LogP contribution is 2.37. The SMILES string of the molecule is CCOC1(C(=O)c2ccc(C)cc2)CCCC(C)C1. The van der Waals surface area contributed by atoms with Crippen molar-refractivity contribution in [3.8, 4) is 0 Å². The molecule has 1 fully saturated rings. The molecule has 0 heterocycles. The molecule has 104 valence electrons. The molecule has 0 saturated heterocycles. The predicted octanol–water partition coefficient (Wildman–Crippen LogP) is 4.16. The summed E-state index contributed by atoms with van der Waals surface area (Å²) >= 11 is 0. The monoisotopic (exact) mass is 260 g/mol. The Kier molecular flexibility index (Phi) is 4.41. The van der Waals surface area contributed by atoms with Gasteiger partial charge in [0.25, 0.3) is 0 Å². The second-order valence-corrected chi connectivity index (χ2v) is 5.82. The van der Waals surface area contributed by atoms with Gasteiger partial charge in [0, 0.05) is 12.2 Å². The minimum atomic E-state index is -0.582. The second kappa shape index (κ2) is 5.87. The fourth-order valence-electron chi connectivity index (χ4n) is 3.15. The second-order valence-electron chi connectivity index (χ2n) is 5.82. The maximum atomic E-state index is 12.8. The molecule has 0 bridgehead atoms. The molecule has 2 unspecified atom stereocenters. The highest BCUT2D eigenvalue weighted by molar-refractivity contribution is 6.02. The zero-order chi connectivity index (χ0) is 13.9. The fraction of sp³-hybridized carbons (Fsp3) is 0.588. The van der Waals surface area contributed by atoms with E-state index in [0.717, 1.165) is 24.8 Å². The van der Waals surface area contributed by atoms with E-state index in [-0.39, 0.29) is 5.78 Å². The highest BCUT2D eigenvalue weighted by Gasteiger charge is 2.42. The molecule has 1 aliphatic carbocycles. The van der Waals surface area contributed by atoms with Gasteiger partial charge in [-0.1, -0.05) is 43.2 Å². The molecule has 1 saturated carbocycles. The Balaban J connectivity index is 2.27. The molecular weight excluding hydrogens is 236 g/mol. The van der Waals surface area contributed by atoms with Crippen LogP contribution in [0.5, 0.6) is 0 Å².